The van der Waals surface area contributed by atoms with Crippen LogP contribution in [-0.4, -0.2) is 52.7 Å². The second-order valence-corrected chi connectivity index (χ2v) is 7.46. The summed E-state index contributed by atoms with van der Waals surface area (Å²) >= 11 is 6.17. The molecule has 1 aliphatic heterocycles. The summed E-state index contributed by atoms with van der Waals surface area (Å²) in [6.07, 6.45) is 3.46. The fraction of sp³-hybridized carbons (Fsp3) is 0.500. The first-order chi connectivity index (χ1) is 13.2. The first-order valence-electron chi connectivity index (χ1n) is 9.21. The quantitative estimate of drug-likeness (QED) is 0.592. The number of carboxylic acid groups (broad SMARTS) is 2. The van der Waals surface area contributed by atoms with E-state index < -0.39 is 11.9 Å². The molecule has 156 valence electrons. The number of nitrogens with zero attached hydrogens (tertiary/aromatic N) is 1. The van der Waals surface area contributed by atoms with Crippen LogP contribution in [-0.2, 0) is 16.1 Å². The molecule has 1 saturated heterocycles. The van der Waals surface area contributed by atoms with E-state index in [1.54, 1.807) is 0 Å². The molecule has 8 heteroatoms. The SMILES string of the molecule is CC(C)CN(Cc1ccc(F)cc1Cl)C1CCNCC1.O=C(O)/C=C/C(=O)O. The fourth-order valence-corrected chi connectivity index (χ4v) is 3.22. The number of rotatable bonds is 7. The topological polar surface area (TPSA) is 89.9 Å². The number of hydrogen-bond donors (Lipinski definition) is 3. The molecule has 0 saturated carbocycles. The van der Waals surface area contributed by atoms with Gasteiger partial charge in [-0.3, -0.25) is 4.90 Å². The highest BCUT2D eigenvalue weighted by Gasteiger charge is 2.22. The average Bonchev–Trinajstić information content (AvgIpc) is 2.62. The number of aliphatic carboxylic acids is 2. The maximum absolute atomic E-state index is 13.1. The van der Waals surface area contributed by atoms with Gasteiger partial charge in [-0.15, -0.1) is 0 Å². The van der Waals surface area contributed by atoms with Crippen LogP contribution in [0.5, 0.6) is 0 Å². The Kier molecular flexibility index (Phi) is 10.7. The first kappa shape index (κ1) is 24.1. The van der Waals surface area contributed by atoms with Gasteiger partial charge in [0.25, 0.3) is 0 Å². The van der Waals surface area contributed by atoms with E-state index in [9.17, 15) is 14.0 Å². The molecule has 6 nitrogen and oxygen atoms in total. The molecular formula is C20H28ClFN2O4. The maximum atomic E-state index is 13.1. The number of carboxylic acids is 2. The van der Waals surface area contributed by atoms with Gasteiger partial charge in [-0.1, -0.05) is 31.5 Å². The molecule has 0 radical (unpaired) electrons. The van der Waals surface area contributed by atoms with Crippen LogP contribution < -0.4 is 5.32 Å². The zero-order valence-corrected chi connectivity index (χ0v) is 17.0. The van der Waals surface area contributed by atoms with Gasteiger partial charge in [0.15, 0.2) is 0 Å². The van der Waals surface area contributed by atoms with Crippen LogP contribution >= 0.6 is 11.6 Å². The number of carbonyl (C=O) groups is 2. The highest BCUT2D eigenvalue weighted by Crippen LogP contribution is 2.23. The lowest BCUT2D eigenvalue weighted by molar-refractivity contribution is -0.134. The van der Waals surface area contributed by atoms with Crippen molar-refractivity contribution in [2.45, 2.75) is 39.3 Å². The minimum Gasteiger partial charge on any atom is -0.478 e. The lowest BCUT2D eigenvalue weighted by atomic mass is 10.0. The molecule has 0 unspecified atom stereocenters. The van der Waals surface area contributed by atoms with Crippen molar-refractivity contribution in [3.63, 3.8) is 0 Å². The van der Waals surface area contributed by atoms with Crippen molar-refractivity contribution in [3.05, 3.63) is 46.8 Å². The van der Waals surface area contributed by atoms with E-state index in [2.05, 4.69) is 24.1 Å². The summed E-state index contributed by atoms with van der Waals surface area (Å²) in [5.41, 5.74) is 1.02. The Hall–Kier alpha value is -1.96. The molecule has 1 fully saturated rings. The highest BCUT2D eigenvalue weighted by atomic mass is 35.5. The molecule has 0 aliphatic carbocycles. The molecule has 0 aromatic heterocycles. The third-order valence-electron chi connectivity index (χ3n) is 4.18. The third kappa shape index (κ3) is 9.82. The molecule has 1 aliphatic rings. The van der Waals surface area contributed by atoms with E-state index in [4.69, 9.17) is 21.8 Å². The minimum absolute atomic E-state index is 0.268. The maximum Gasteiger partial charge on any atom is 0.328 e. The number of hydrogen-bond acceptors (Lipinski definition) is 4. The van der Waals surface area contributed by atoms with Crippen LogP contribution in [0.15, 0.2) is 30.4 Å². The highest BCUT2D eigenvalue weighted by molar-refractivity contribution is 6.31. The van der Waals surface area contributed by atoms with Crippen molar-refractivity contribution < 1.29 is 24.2 Å². The molecular weight excluding hydrogens is 387 g/mol. The van der Waals surface area contributed by atoms with Gasteiger partial charge in [0.1, 0.15) is 5.82 Å². The van der Waals surface area contributed by atoms with Gasteiger partial charge in [0.05, 0.1) is 0 Å². The van der Waals surface area contributed by atoms with Crippen LogP contribution in [0, 0.1) is 11.7 Å². The molecule has 0 bridgehead atoms. The number of halogens is 2. The van der Waals surface area contributed by atoms with E-state index in [1.165, 1.54) is 25.0 Å². The average molecular weight is 415 g/mol. The van der Waals surface area contributed by atoms with Gasteiger partial charge in [-0.05, 0) is 49.5 Å². The van der Waals surface area contributed by atoms with Gasteiger partial charge >= 0.3 is 11.9 Å². The normalized spacial score (nSPS) is 14.9. The Morgan fingerprint density at radius 3 is 2.29 bits per heavy atom. The standard InChI is InChI=1S/C16H24ClFN2.C4H4O4/c1-12(2)10-20(15-5-7-19-8-6-15)11-13-3-4-14(18)9-16(13)17;5-3(6)1-2-4(7)8/h3-4,9,12,15,19H,5-8,10-11H2,1-2H3;1-2H,(H,5,6)(H,7,8)/b;2-1+. The van der Waals surface area contributed by atoms with Gasteiger partial charge in [0.2, 0.25) is 0 Å². The largest absolute Gasteiger partial charge is 0.478 e. The lowest BCUT2D eigenvalue weighted by Crippen LogP contribution is -2.44. The molecule has 1 aromatic rings. The lowest BCUT2D eigenvalue weighted by Gasteiger charge is -2.36. The number of benzene rings is 1. The predicted octanol–water partition coefficient (Wildman–Crippen LogP) is 3.40. The molecule has 0 amide bonds. The smallest absolute Gasteiger partial charge is 0.328 e. The van der Waals surface area contributed by atoms with Crippen molar-refractivity contribution in [1.82, 2.24) is 10.2 Å². The first-order valence-corrected chi connectivity index (χ1v) is 9.59. The van der Waals surface area contributed by atoms with Gasteiger partial charge in [-0.25, -0.2) is 14.0 Å². The number of piperidine rings is 1. The molecule has 1 aromatic carbocycles. The van der Waals surface area contributed by atoms with Gasteiger partial charge in [-0.2, -0.15) is 0 Å². The molecule has 3 N–H and O–H groups in total. The minimum atomic E-state index is -1.26. The Labute approximate surface area is 170 Å². The van der Waals surface area contributed by atoms with E-state index in [-0.39, 0.29) is 5.82 Å². The Balaban J connectivity index is 0.000000416. The van der Waals surface area contributed by atoms with Crippen LogP contribution in [0.4, 0.5) is 4.39 Å². The summed E-state index contributed by atoms with van der Waals surface area (Å²) in [4.78, 5) is 21.6. The van der Waals surface area contributed by atoms with Crippen LogP contribution in [0.2, 0.25) is 5.02 Å². The summed E-state index contributed by atoms with van der Waals surface area (Å²) in [5.74, 6) is -2.17. The predicted molar refractivity (Wildman–Crippen MR) is 107 cm³/mol. The van der Waals surface area contributed by atoms with Crippen LogP contribution in [0.1, 0.15) is 32.3 Å². The van der Waals surface area contributed by atoms with Crippen molar-refractivity contribution in [2.75, 3.05) is 19.6 Å². The van der Waals surface area contributed by atoms with Crippen molar-refractivity contribution >= 4 is 23.5 Å². The van der Waals surface area contributed by atoms with Crippen molar-refractivity contribution in [2.24, 2.45) is 5.92 Å². The monoisotopic (exact) mass is 414 g/mol. The molecule has 0 atom stereocenters. The van der Waals surface area contributed by atoms with Crippen LogP contribution in [0.3, 0.4) is 0 Å². The summed E-state index contributed by atoms with van der Waals surface area (Å²) in [6, 6.07) is 5.32. The number of nitrogens with one attached hydrogen (secondary N) is 1. The Morgan fingerprint density at radius 2 is 1.82 bits per heavy atom. The van der Waals surface area contributed by atoms with Gasteiger partial charge in [0, 0.05) is 36.3 Å². The zero-order chi connectivity index (χ0) is 21.1. The van der Waals surface area contributed by atoms with Crippen molar-refractivity contribution in [1.29, 1.82) is 0 Å². The molecule has 2 rings (SSSR count). The van der Waals surface area contributed by atoms with Crippen molar-refractivity contribution in [3.8, 4) is 0 Å². The van der Waals surface area contributed by atoms with E-state index in [1.807, 2.05) is 6.07 Å². The van der Waals surface area contributed by atoms with Crippen LogP contribution in [0.25, 0.3) is 0 Å². The van der Waals surface area contributed by atoms with E-state index in [0.717, 1.165) is 31.7 Å². The van der Waals surface area contributed by atoms with Gasteiger partial charge < -0.3 is 15.5 Å². The summed E-state index contributed by atoms with van der Waals surface area (Å²) < 4.78 is 13.1. The zero-order valence-electron chi connectivity index (χ0n) is 16.2. The summed E-state index contributed by atoms with van der Waals surface area (Å²) in [6.45, 7) is 8.49. The second-order valence-electron chi connectivity index (χ2n) is 7.05. The summed E-state index contributed by atoms with van der Waals surface area (Å²) in [5, 5.41) is 19.6. The Morgan fingerprint density at radius 1 is 1.25 bits per heavy atom. The third-order valence-corrected chi connectivity index (χ3v) is 4.53. The fourth-order valence-electron chi connectivity index (χ4n) is 2.99. The molecule has 1 heterocycles. The second kappa shape index (κ2) is 12.5. The molecule has 28 heavy (non-hydrogen) atoms. The van der Waals surface area contributed by atoms with E-state index in [0.29, 0.717) is 29.1 Å². The summed E-state index contributed by atoms with van der Waals surface area (Å²) in [7, 11) is 0. The van der Waals surface area contributed by atoms with E-state index >= 15 is 0 Å². The Bertz CT molecular complexity index is 660. The molecule has 0 spiro atoms.